The Labute approximate surface area is 108 Å². The van der Waals surface area contributed by atoms with Gasteiger partial charge in [-0.2, -0.15) is 0 Å². The Morgan fingerprint density at radius 3 is 2.74 bits per heavy atom. The van der Waals surface area contributed by atoms with Crippen molar-refractivity contribution in [1.82, 2.24) is 15.0 Å². The van der Waals surface area contributed by atoms with E-state index in [2.05, 4.69) is 10.3 Å². The largest absolute Gasteiger partial charge is 0.507 e. The van der Waals surface area contributed by atoms with E-state index in [-0.39, 0.29) is 17.9 Å². The van der Waals surface area contributed by atoms with Gasteiger partial charge in [-0.1, -0.05) is 12.1 Å². The predicted molar refractivity (Wildman–Crippen MR) is 65.3 cm³/mol. The lowest BCUT2D eigenvalue weighted by Crippen LogP contribution is -2.05. The first-order chi connectivity index (χ1) is 9.08. The highest BCUT2D eigenvalue weighted by Crippen LogP contribution is 2.22. The zero-order valence-electron chi connectivity index (χ0n) is 10.2. The highest BCUT2D eigenvalue weighted by molar-refractivity contribution is 5.91. The van der Waals surface area contributed by atoms with Gasteiger partial charge in [-0.15, -0.1) is 5.10 Å². The molecule has 0 unspecified atom stereocenters. The van der Waals surface area contributed by atoms with Crippen molar-refractivity contribution in [2.45, 2.75) is 20.0 Å². The molecule has 0 aliphatic rings. The fourth-order valence-corrected chi connectivity index (χ4v) is 1.84. The maximum Gasteiger partial charge on any atom is 0.339 e. The number of aromatic hydroxyl groups is 1. The second kappa shape index (κ2) is 5.07. The number of hydrogen-bond donors (Lipinski definition) is 3. The maximum absolute atomic E-state index is 11.0. The van der Waals surface area contributed by atoms with Gasteiger partial charge in [0, 0.05) is 0 Å². The average Bonchev–Trinajstić information content (AvgIpc) is 2.81. The van der Waals surface area contributed by atoms with E-state index in [1.165, 1.54) is 22.9 Å². The Morgan fingerprint density at radius 1 is 1.42 bits per heavy atom. The number of aromatic carboxylic acids is 1. The molecule has 19 heavy (non-hydrogen) atoms. The number of rotatable bonds is 4. The quantitative estimate of drug-likeness (QED) is 0.750. The lowest BCUT2D eigenvalue weighted by atomic mass is 10.1. The molecule has 2 rings (SSSR count). The minimum atomic E-state index is -1.22. The molecule has 0 fully saturated rings. The summed E-state index contributed by atoms with van der Waals surface area (Å²) in [5, 5.41) is 35.3. The van der Waals surface area contributed by atoms with Crippen LogP contribution < -0.4 is 0 Å². The smallest absolute Gasteiger partial charge is 0.339 e. The van der Waals surface area contributed by atoms with Gasteiger partial charge in [0.15, 0.2) is 0 Å². The minimum absolute atomic E-state index is 0.208. The first-order valence-corrected chi connectivity index (χ1v) is 5.69. The Hall–Kier alpha value is -2.41. The zero-order valence-corrected chi connectivity index (χ0v) is 10.2. The first kappa shape index (κ1) is 13.0. The highest BCUT2D eigenvalue weighted by Gasteiger charge is 2.15. The van der Waals surface area contributed by atoms with Gasteiger partial charge in [0.2, 0.25) is 0 Å². The van der Waals surface area contributed by atoms with Gasteiger partial charge in [-0.05, 0) is 24.6 Å². The summed E-state index contributed by atoms with van der Waals surface area (Å²) < 4.78 is 1.46. The molecule has 0 spiro atoms. The van der Waals surface area contributed by atoms with E-state index in [1.807, 2.05) is 6.92 Å². The van der Waals surface area contributed by atoms with E-state index in [0.29, 0.717) is 23.5 Å². The molecule has 0 saturated heterocycles. The van der Waals surface area contributed by atoms with Crippen LogP contribution in [0, 0.1) is 0 Å². The van der Waals surface area contributed by atoms with Crippen LogP contribution in [0.3, 0.4) is 0 Å². The monoisotopic (exact) mass is 263 g/mol. The number of hydrogen-bond acceptors (Lipinski definition) is 5. The Balaban J connectivity index is 2.56. The minimum Gasteiger partial charge on any atom is -0.507 e. The molecule has 3 N–H and O–H groups in total. The number of nitrogens with zero attached hydrogens (tertiary/aromatic N) is 3. The summed E-state index contributed by atoms with van der Waals surface area (Å²) in [5.74, 6) is -1.53. The normalized spacial score (nSPS) is 10.6. The molecule has 100 valence electrons. The fourth-order valence-electron chi connectivity index (χ4n) is 1.84. The van der Waals surface area contributed by atoms with Crippen molar-refractivity contribution in [2.75, 3.05) is 0 Å². The fraction of sp³-hybridized carbons (Fsp3) is 0.250. The van der Waals surface area contributed by atoms with Crippen molar-refractivity contribution >= 4 is 5.97 Å². The van der Waals surface area contributed by atoms with Gasteiger partial charge in [-0.3, -0.25) is 0 Å². The van der Waals surface area contributed by atoms with E-state index >= 15 is 0 Å². The van der Waals surface area contributed by atoms with Gasteiger partial charge in [0.25, 0.3) is 0 Å². The Morgan fingerprint density at radius 2 is 2.16 bits per heavy atom. The van der Waals surface area contributed by atoms with Crippen LogP contribution in [0.25, 0.3) is 5.69 Å². The number of aliphatic hydroxyl groups is 1. The van der Waals surface area contributed by atoms with Crippen molar-refractivity contribution < 1.29 is 20.1 Å². The number of carbonyl (C=O) groups is 1. The average molecular weight is 263 g/mol. The molecule has 0 amide bonds. The number of phenols is 1. The number of aromatic nitrogens is 3. The maximum atomic E-state index is 11.0. The van der Waals surface area contributed by atoms with E-state index in [9.17, 15) is 9.90 Å². The van der Waals surface area contributed by atoms with Crippen LogP contribution in [-0.4, -0.2) is 36.3 Å². The standard InChI is InChI=1S/C12H13N3O4/c1-2-10-9(6-16)13-14-15(10)7-3-4-11(17)8(5-7)12(18)19/h3-5,16-17H,2,6H2,1H3,(H,18,19). The molecule has 1 heterocycles. The summed E-state index contributed by atoms with van der Waals surface area (Å²) >= 11 is 0. The number of benzene rings is 1. The van der Waals surface area contributed by atoms with Gasteiger partial charge in [-0.25, -0.2) is 9.48 Å². The predicted octanol–water partition coefficient (Wildman–Crippen LogP) is 0.726. The SMILES string of the molecule is CCc1c(CO)nnn1-c1ccc(O)c(C(=O)O)c1. The van der Waals surface area contributed by atoms with Crippen LogP contribution in [0.4, 0.5) is 0 Å². The molecule has 0 radical (unpaired) electrons. The molecule has 1 aromatic carbocycles. The summed E-state index contributed by atoms with van der Waals surface area (Å²) in [6.07, 6.45) is 0.589. The number of carboxylic acids is 1. The second-order valence-electron chi connectivity index (χ2n) is 3.91. The van der Waals surface area contributed by atoms with Crippen molar-refractivity contribution in [3.8, 4) is 11.4 Å². The molecular weight excluding hydrogens is 250 g/mol. The molecule has 7 heteroatoms. The van der Waals surface area contributed by atoms with Crippen molar-refractivity contribution in [3.05, 3.63) is 35.2 Å². The lowest BCUT2D eigenvalue weighted by Gasteiger charge is -2.07. The second-order valence-corrected chi connectivity index (χ2v) is 3.91. The van der Waals surface area contributed by atoms with Crippen molar-refractivity contribution in [2.24, 2.45) is 0 Å². The van der Waals surface area contributed by atoms with Crippen molar-refractivity contribution in [1.29, 1.82) is 0 Å². The van der Waals surface area contributed by atoms with Crippen LogP contribution in [0.15, 0.2) is 18.2 Å². The van der Waals surface area contributed by atoms with Crippen LogP contribution in [0.1, 0.15) is 28.7 Å². The van der Waals surface area contributed by atoms with E-state index in [0.717, 1.165) is 0 Å². The van der Waals surface area contributed by atoms with E-state index < -0.39 is 5.97 Å². The van der Waals surface area contributed by atoms with Crippen molar-refractivity contribution in [3.63, 3.8) is 0 Å². The summed E-state index contributed by atoms with van der Waals surface area (Å²) in [6, 6.07) is 4.14. The molecule has 0 saturated carbocycles. The van der Waals surface area contributed by atoms with Crippen LogP contribution >= 0.6 is 0 Å². The van der Waals surface area contributed by atoms with Gasteiger partial charge in [0.1, 0.15) is 17.0 Å². The summed E-state index contributed by atoms with van der Waals surface area (Å²) in [5.41, 5.74) is 1.41. The number of aliphatic hydroxyl groups excluding tert-OH is 1. The van der Waals surface area contributed by atoms with Gasteiger partial charge in [0.05, 0.1) is 18.0 Å². The molecule has 1 aromatic heterocycles. The van der Waals surface area contributed by atoms with Crippen LogP contribution in [0.5, 0.6) is 5.75 Å². The topological polar surface area (TPSA) is 108 Å². The Kier molecular flexibility index (Phi) is 3.48. The third-order valence-corrected chi connectivity index (χ3v) is 2.78. The molecule has 7 nitrogen and oxygen atoms in total. The molecule has 0 aliphatic heterocycles. The summed E-state index contributed by atoms with van der Waals surface area (Å²) in [4.78, 5) is 11.0. The van der Waals surface area contributed by atoms with Crippen LogP contribution in [-0.2, 0) is 13.0 Å². The number of carboxylic acid groups (broad SMARTS) is 1. The molecule has 0 aliphatic carbocycles. The molecule has 2 aromatic rings. The first-order valence-electron chi connectivity index (χ1n) is 5.69. The van der Waals surface area contributed by atoms with Crippen LogP contribution in [0.2, 0.25) is 0 Å². The Bertz CT molecular complexity index is 621. The molecule has 0 atom stereocenters. The highest BCUT2D eigenvalue weighted by atomic mass is 16.4. The summed E-state index contributed by atoms with van der Waals surface area (Å²) in [6.45, 7) is 1.65. The third kappa shape index (κ3) is 2.27. The lowest BCUT2D eigenvalue weighted by molar-refractivity contribution is 0.0693. The third-order valence-electron chi connectivity index (χ3n) is 2.78. The van der Waals surface area contributed by atoms with Gasteiger partial charge >= 0.3 is 5.97 Å². The summed E-state index contributed by atoms with van der Waals surface area (Å²) in [7, 11) is 0. The zero-order chi connectivity index (χ0) is 14.0. The van der Waals surface area contributed by atoms with E-state index in [4.69, 9.17) is 10.2 Å². The molecular formula is C12H13N3O4. The molecule has 0 bridgehead atoms. The van der Waals surface area contributed by atoms with E-state index in [1.54, 1.807) is 0 Å². The van der Waals surface area contributed by atoms with Gasteiger partial charge < -0.3 is 15.3 Å².